The van der Waals surface area contributed by atoms with Gasteiger partial charge in [0.25, 0.3) is 0 Å². The highest BCUT2D eigenvalue weighted by Crippen LogP contribution is 2.39. The van der Waals surface area contributed by atoms with Gasteiger partial charge in [-0.3, -0.25) is 11.3 Å². The van der Waals surface area contributed by atoms with Crippen LogP contribution in [0.1, 0.15) is 18.5 Å². The number of hydrogen-bond acceptors (Lipinski definition) is 6. The van der Waals surface area contributed by atoms with Crippen molar-refractivity contribution in [2.75, 3.05) is 34.5 Å². The molecule has 6 nitrogen and oxygen atoms in total. The first-order valence-corrected chi connectivity index (χ1v) is 6.05. The second-order valence-electron chi connectivity index (χ2n) is 3.84. The molecule has 19 heavy (non-hydrogen) atoms. The number of hydrazine groups is 1. The molecule has 0 aliphatic carbocycles. The normalized spacial score (nSPS) is 12.1. The third-order valence-electron chi connectivity index (χ3n) is 2.78. The Morgan fingerprint density at radius 3 is 2.05 bits per heavy atom. The third-order valence-corrected chi connectivity index (χ3v) is 2.78. The lowest BCUT2D eigenvalue weighted by Crippen LogP contribution is -2.31. The van der Waals surface area contributed by atoms with Crippen molar-refractivity contribution in [3.8, 4) is 17.2 Å². The molecule has 0 aromatic heterocycles. The van der Waals surface area contributed by atoms with Crippen molar-refractivity contribution in [3.63, 3.8) is 0 Å². The number of hydrogen-bond donors (Lipinski definition) is 2. The quantitative estimate of drug-likeness (QED) is 0.547. The van der Waals surface area contributed by atoms with Crippen LogP contribution in [0.5, 0.6) is 17.2 Å². The van der Waals surface area contributed by atoms with Crippen molar-refractivity contribution in [1.29, 1.82) is 0 Å². The molecule has 0 saturated heterocycles. The van der Waals surface area contributed by atoms with E-state index in [2.05, 4.69) is 5.43 Å². The van der Waals surface area contributed by atoms with Crippen molar-refractivity contribution in [2.45, 2.75) is 13.0 Å². The predicted molar refractivity (Wildman–Crippen MR) is 72.7 cm³/mol. The van der Waals surface area contributed by atoms with Crippen LogP contribution in [0.3, 0.4) is 0 Å². The first kappa shape index (κ1) is 15.6. The zero-order valence-electron chi connectivity index (χ0n) is 11.9. The molecule has 0 aliphatic rings. The van der Waals surface area contributed by atoms with E-state index >= 15 is 0 Å². The zero-order chi connectivity index (χ0) is 14.3. The molecule has 1 aromatic rings. The summed E-state index contributed by atoms with van der Waals surface area (Å²) in [5.41, 5.74) is 3.62. The molecule has 3 N–H and O–H groups in total. The van der Waals surface area contributed by atoms with Gasteiger partial charge in [0.15, 0.2) is 11.5 Å². The predicted octanol–water partition coefficient (Wildman–Crippen LogP) is 1.25. The van der Waals surface area contributed by atoms with E-state index < -0.39 is 0 Å². The summed E-state index contributed by atoms with van der Waals surface area (Å²) in [6, 6.07) is 3.56. The van der Waals surface area contributed by atoms with Crippen molar-refractivity contribution in [2.24, 2.45) is 5.84 Å². The number of rotatable bonds is 8. The Morgan fingerprint density at radius 2 is 1.68 bits per heavy atom. The van der Waals surface area contributed by atoms with Gasteiger partial charge in [-0.1, -0.05) is 0 Å². The van der Waals surface area contributed by atoms with E-state index in [9.17, 15) is 0 Å². The summed E-state index contributed by atoms with van der Waals surface area (Å²) < 4.78 is 21.3. The molecule has 0 heterocycles. The monoisotopic (exact) mass is 270 g/mol. The van der Waals surface area contributed by atoms with E-state index in [1.165, 1.54) is 0 Å². The number of nitrogens with one attached hydrogen (secondary N) is 1. The van der Waals surface area contributed by atoms with E-state index in [1.807, 2.05) is 19.1 Å². The van der Waals surface area contributed by atoms with Gasteiger partial charge in [0, 0.05) is 6.61 Å². The van der Waals surface area contributed by atoms with Gasteiger partial charge in [0.1, 0.15) is 0 Å². The van der Waals surface area contributed by atoms with Crippen LogP contribution in [0.4, 0.5) is 0 Å². The topological polar surface area (TPSA) is 75.0 Å². The Morgan fingerprint density at radius 1 is 1.11 bits per heavy atom. The lowest BCUT2D eigenvalue weighted by molar-refractivity contribution is 0.123. The van der Waals surface area contributed by atoms with E-state index in [0.29, 0.717) is 30.5 Å². The van der Waals surface area contributed by atoms with Gasteiger partial charge in [-0.25, -0.2) is 0 Å². The van der Waals surface area contributed by atoms with Crippen molar-refractivity contribution >= 4 is 0 Å². The van der Waals surface area contributed by atoms with Crippen LogP contribution in [-0.4, -0.2) is 34.5 Å². The van der Waals surface area contributed by atoms with E-state index in [1.54, 1.807) is 21.3 Å². The van der Waals surface area contributed by atoms with E-state index in [0.717, 1.165) is 5.56 Å². The fourth-order valence-corrected chi connectivity index (χ4v) is 1.78. The van der Waals surface area contributed by atoms with Crippen LogP contribution in [0, 0.1) is 0 Å². The van der Waals surface area contributed by atoms with Crippen LogP contribution < -0.4 is 25.5 Å². The molecule has 0 fully saturated rings. The lowest BCUT2D eigenvalue weighted by atomic mass is 10.1. The second kappa shape index (κ2) is 7.83. The molecule has 0 aliphatic heterocycles. The average Bonchev–Trinajstić information content (AvgIpc) is 2.46. The molecule has 0 amide bonds. The van der Waals surface area contributed by atoms with Gasteiger partial charge in [-0.15, -0.1) is 0 Å². The van der Waals surface area contributed by atoms with Crippen LogP contribution >= 0.6 is 0 Å². The minimum atomic E-state index is -0.145. The molecule has 1 atom stereocenters. The van der Waals surface area contributed by atoms with Crippen LogP contribution in [0.2, 0.25) is 0 Å². The first-order valence-electron chi connectivity index (χ1n) is 6.05. The standard InChI is InChI=1S/C13H22N2O4/c1-5-19-8-10(15-14)9-6-11(16-2)13(18-4)12(7-9)17-3/h6-7,10,15H,5,8,14H2,1-4H3. The summed E-state index contributed by atoms with van der Waals surface area (Å²) in [5.74, 6) is 7.30. The largest absolute Gasteiger partial charge is 0.493 e. The molecule has 0 bridgehead atoms. The van der Waals surface area contributed by atoms with E-state index in [-0.39, 0.29) is 6.04 Å². The maximum absolute atomic E-state index is 5.56. The van der Waals surface area contributed by atoms with Gasteiger partial charge in [-0.2, -0.15) is 0 Å². The Bertz CT molecular complexity index is 373. The average molecular weight is 270 g/mol. The lowest BCUT2D eigenvalue weighted by Gasteiger charge is -2.19. The first-order chi connectivity index (χ1) is 9.21. The number of methoxy groups -OCH3 is 3. The number of benzene rings is 1. The molecule has 0 spiro atoms. The highest BCUT2D eigenvalue weighted by atomic mass is 16.5. The van der Waals surface area contributed by atoms with Gasteiger partial charge >= 0.3 is 0 Å². The van der Waals surface area contributed by atoms with Crippen molar-refractivity contribution in [1.82, 2.24) is 5.43 Å². The molecule has 0 radical (unpaired) electrons. The second-order valence-corrected chi connectivity index (χ2v) is 3.84. The SMILES string of the molecule is CCOCC(NN)c1cc(OC)c(OC)c(OC)c1. The molecule has 1 rings (SSSR count). The summed E-state index contributed by atoms with van der Waals surface area (Å²) in [7, 11) is 4.72. The number of ether oxygens (including phenoxy) is 4. The molecular formula is C13H22N2O4. The van der Waals surface area contributed by atoms with Crippen molar-refractivity contribution in [3.05, 3.63) is 17.7 Å². The Labute approximate surface area is 113 Å². The minimum absolute atomic E-state index is 0.145. The minimum Gasteiger partial charge on any atom is -0.493 e. The molecule has 108 valence electrons. The fraction of sp³-hybridized carbons (Fsp3) is 0.538. The third kappa shape index (κ3) is 3.73. The molecule has 6 heteroatoms. The maximum Gasteiger partial charge on any atom is 0.203 e. The Kier molecular flexibility index (Phi) is 6.41. The smallest absolute Gasteiger partial charge is 0.203 e. The van der Waals surface area contributed by atoms with Gasteiger partial charge in [0.05, 0.1) is 34.0 Å². The Balaban J connectivity index is 3.12. The van der Waals surface area contributed by atoms with Gasteiger partial charge < -0.3 is 18.9 Å². The van der Waals surface area contributed by atoms with E-state index in [4.69, 9.17) is 24.8 Å². The fourth-order valence-electron chi connectivity index (χ4n) is 1.78. The molecule has 1 unspecified atom stereocenters. The highest BCUT2D eigenvalue weighted by Gasteiger charge is 2.18. The van der Waals surface area contributed by atoms with Gasteiger partial charge in [0.2, 0.25) is 5.75 Å². The summed E-state index contributed by atoms with van der Waals surface area (Å²) in [6.07, 6.45) is 0. The van der Waals surface area contributed by atoms with Crippen LogP contribution in [0.25, 0.3) is 0 Å². The summed E-state index contributed by atoms with van der Waals surface area (Å²) in [5, 5.41) is 0. The van der Waals surface area contributed by atoms with Gasteiger partial charge in [-0.05, 0) is 24.6 Å². The van der Waals surface area contributed by atoms with Crippen LogP contribution in [-0.2, 0) is 4.74 Å². The summed E-state index contributed by atoms with van der Waals surface area (Å²) in [6.45, 7) is 3.02. The molecular weight excluding hydrogens is 248 g/mol. The Hall–Kier alpha value is -1.50. The van der Waals surface area contributed by atoms with Crippen LogP contribution in [0.15, 0.2) is 12.1 Å². The molecule has 1 aromatic carbocycles. The molecule has 0 saturated carbocycles. The summed E-state index contributed by atoms with van der Waals surface area (Å²) >= 11 is 0. The van der Waals surface area contributed by atoms with Crippen molar-refractivity contribution < 1.29 is 18.9 Å². The summed E-state index contributed by atoms with van der Waals surface area (Å²) in [4.78, 5) is 0. The highest BCUT2D eigenvalue weighted by molar-refractivity contribution is 5.54. The zero-order valence-corrected chi connectivity index (χ0v) is 11.9. The number of nitrogens with two attached hydrogens (primary N) is 1. The maximum atomic E-state index is 5.56.